The van der Waals surface area contributed by atoms with Crippen molar-refractivity contribution in [2.75, 3.05) is 19.0 Å². The Morgan fingerprint density at radius 1 is 0.931 bits per heavy atom. The van der Waals surface area contributed by atoms with Gasteiger partial charge < -0.3 is 4.90 Å². The first-order valence-corrected chi connectivity index (χ1v) is 9.57. The highest BCUT2D eigenvalue weighted by Crippen LogP contribution is 2.21. The fraction of sp³-hybridized carbons (Fsp3) is 0.120. The Morgan fingerprint density at radius 2 is 1.62 bits per heavy atom. The molecule has 3 aromatic carbocycles. The van der Waals surface area contributed by atoms with E-state index in [0.29, 0.717) is 5.56 Å². The third-order valence-electron chi connectivity index (χ3n) is 4.98. The van der Waals surface area contributed by atoms with Crippen LogP contribution in [0.25, 0.3) is 22.8 Å². The van der Waals surface area contributed by atoms with Crippen LogP contribution in [0.5, 0.6) is 0 Å². The predicted octanol–water partition coefficient (Wildman–Crippen LogP) is 5.30. The summed E-state index contributed by atoms with van der Waals surface area (Å²) in [6, 6.07) is 23.8. The summed E-state index contributed by atoms with van der Waals surface area (Å²) in [6.07, 6.45) is 3.47. The summed E-state index contributed by atoms with van der Waals surface area (Å²) in [4.78, 5) is 19.2. The Morgan fingerprint density at radius 3 is 2.31 bits per heavy atom. The van der Waals surface area contributed by atoms with Gasteiger partial charge in [-0.3, -0.25) is 9.36 Å². The van der Waals surface area contributed by atoms with Gasteiger partial charge in [-0.05, 0) is 67.1 Å². The lowest BCUT2D eigenvalue weighted by Crippen LogP contribution is -2.07. The van der Waals surface area contributed by atoms with Gasteiger partial charge in [0.25, 0.3) is 0 Å². The molecule has 4 heteroatoms. The van der Waals surface area contributed by atoms with Crippen LogP contribution in [0.1, 0.15) is 21.7 Å². The summed E-state index contributed by atoms with van der Waals surface area (Å²) in [7, 11) is 4.01. The normalized spacial score (nSPS) is 11.3. The van der Waals surface area contributed by atoms with Crippen molar-refractivity contribution in [2.45, 2.75) is 6.92 Å². The number of carbonyl (C=O) groups is 1. The highest BCUT2D eigenvalue weighted by molar-refractivity contribution is 6.06. The minimum absolute atomic E-state index is 0.0135. The van der Waals surface area contributed by atoms with E-state index in [1.165, 1.54) is 0 Å². The molecule has 4 rings (SSSR count). The van der Waals surface area contributed by atoms with Gasteiger partial charge in [0, 0.05) is 31.0 Å². The molecule has 29 heavy (non-hydrogen) atoms. The Bertz CT molecular complexity index is 1180. The van der Waals surface area contributed by atoms with E-state index in [4.69, 9.17) is 0 Å². The maximum Gasteiger partial charge on any atom is 0.185 e. The Balaban J connectivity index is 1.54. The number of imidazole rings is 1. The summed E-state index contributed by atoms with van der Waals surface area (Å²) >= 11 is 0. The van der Waals surface area contributed by atoms with E-state index in [0.717, 1.165) is 33.8 Å². The van der Waals surface area contributed by atoms with E-state index < -0.39 is 0 Å². The Kier molecular flexibility index (Phi) is 5.00. The molecule has 0 aliphatic rings. The zero-order chi connectivity index (χ0) is 20.4. The van der Waals surface area contributed by atoms with Gasteiger partial charge >= 0.3 is 0 Å². The third-order valence-corrected chi connectivity index (χ3v) is 4.98. The van der Waals surface area contributed by atoms with Crippen molar-refractivity contribution in [2.24, 2.45) is 0 Å². The van der Waals surface area contributed by atoms with Crippen molar-refractivity contribution >= 4 is 28.6 Å². The molecule has 4 aromatic rings. The Labute approximate surface area is 170 Å². The van der Waals surface area contributed by atoms with Crippen molar-refractivity contribution in [1.82, 2.24) is 9.55 Å². The highest BCUT2D eigenvalue weighted by Gasteiger charge is 2.09. The largest absolute Gasteiger partial charge is 0.378 e. The Hall–Kier alpha value is -3.66. The molecule has 0 saturated carbocycles. The molecule has 0 spiro atoms. The SMILES string of the molecule is Cc1nc2ccccc2n1-c1ccc(C(=O)/C=C/c2ccc(N(C)C)cc2)cc1. The molecule has 4 nitrogen and oxygen atoms in total. The van der Waals surface area contributed by atoms with E-state index in [-0.39, 0.29) is 5.78 Å². The smallest absolute Gasteiger partial charge is 0.185 e. The van der Waals surface area contributed by atoms with E-state index >= 15 is 0 Å². The molecule has 0 atom stereocenters. The second-order valence-corrected chi connectivity index (χ2v) is 7.21. The minimum Gasteiger partial charge on any atom is -0.378 e. The van der Waals surface area contributed by atoms with Crippen LogP contribution >= 0.6 is 0 Å². The number of carbonyl (C=O) groups excluding carboxylic acids is 1. The van der Waals surface area contributed by atoms with Gasteiger partial charge in [0.15, 0.2) is 5.78 Å². The molecule has 144 valence electrons. The van der Waals surface area contributed by atoms with Gasteiger partial charge in [-0.2, -0.15) is 0 Å². The molecule has 0 N–H and O–H groups in total. The molecule has 0 saturated heterocycles. The quantitative estimate of drug-likeness (QED) is 0.348. The number of para-hydroxylation sites is 2. The summed E-state index contributed by atoms with van der Waals surface area (Å²) in [5, 5.41) is 0. The molecular formula is C25H23N3O. The highest BCUT2D eigenvalue weighted by atomic mass is 16.1. The topological polar surface area (TPSA) is 38.1 Å². The summed E-state index contributed by atoms with van der Waals surface area (Å²) in [6.45, 7) is 1.99. The summed E-state index contributed by atoms with van der Waals surface area (Å²) < 4.78 is 2.10. The van der Waals surface area contributed by atoms with Gasteiger partial charge in [-0.15, -0.1) is 0 Å². The number of anilines is 1. The molecule has 0 fully saturated rings. The number of fused-ring (bicyclic) bond motifs is 1. The molecule has 0 aliphatic heterocycles. The minimum atomic E-state index is -0.0135. The third kappa shape index (κ3) is 3.83. The monoisotopic (exact) mass is 381 g/mol. The van der Waals surface area contributed by atoms with E-state index in [1.807, 2.05) is 98.7 Å². The number of aromatic nitrogens is 2. The zero-order valence-electron chi connectivity index (χ0n) is 16.8. The first-order valence-electron chi connectivity index (χ1n) is 9.57. The van der Waals surface area contributed by atoms with Crippen LogP contribution in [0, 0.1) is 6.92 Å². The van der Waals surface area contributed by atoms with Gasteiger partial charge in [-0.25, -0.2) is 4.98 Å². The standard InChI is InChI=1S/C25H23N3O/c1-18-26-23-6-4-5-7-24(23)28(18)22-15-11-20(12-16-22)25(29)17-10-19-8-13-21(14-9-19)27(2)3/h4-17H,1-3H3/b17-10+. The summed E-state index contributed by atoms with van der Waals surface area (Å²) in [5.74, 6) is 0.909. The number of aryl methyl sites for hydroxylation is 1. The van der Waals surface area contributed by atoms with Crippen molar-refractivity contribution < 1.29 is 4.79 Å². The molecular weight excluding hydrogens is 358 g/mol. The number of allylic oxidation sites excluding steroid dienone is 1. The van der Waals surface area contributed by atoms with E-state index in [1.54, 1.807) is 6.08 Å². The molecule has 0 amide bonds. The maximum absolute atomic E-state index is 12.6. The van der Waals surface area contributed by atoms with E-state index in [9.17, 15) is 4.79 Å². The lowest BCUT2D eigenvalue weighted by Gasteiger charge is -2.11. The molecule has 0 aliphatic carbocycles. The first kappa shape index (κ1) is 18.7. The predicted molar refractivity (Wildman–Crippen MR) is 120 cm³/mol. The van der Waals surface area contributed by atoms with Crippen LogP contribution in [-0.2, 0) is 0 Å². The van der Waals surface area contributed by atoms with Crippen molar-refractivity contribution in [1.29, 1.82) is 0 Å². The van der Waals surface area contributed by atoms with Crippen molar-refractivity contribution in [3.8, 4) is 5.69 Å². The lowest BCUT2D eigenvalue weighted by atomic mass is 10.1. The van der Waals surface area contributed by atoms with Gasteiger partial charge in [-0.1, -0.05) is 30.3 Å². The molecule has 0 bridgehead atoms. The van der Waals surface area contributed by atoms with E-state index in [2.05, 4.69) is 15.6 Å². The van der Waals surface area contributed by atoms with Crippen LogP contribution in [-0.4, -0.2) is 29.4 Å². The second kappa shape index (κ2) is 7.76. The first-order chi connectivity index (χ1) is 14.0. The van der Waals surface area contributed by atoms with Crippen LogP contribution in [0.3, 0.4) is 0 Å². The van der Waals surface area contributed by atoms with Gasteiger partial charge in [0.1, 0.15) is 5.82 Å². The van der Waals surface area contributed by atoms with Crippen LogP contribution in [0.4, 0.5) is 5.69 Å². The van der Waals surface area contributed by atoms with Crippen molar-refractivity contribution in [3.63, 3.8) is 0 Å². The average molecular weight is 381 g/mol. The molecule has 1 heterocycles. The lowest BCUT2D eigenvalue weighted by molar-refractivity contribution is 0.104. The molecule has 0 radical (unpaired) electrons. The van der Waals surface area contributed by atoms with Crippen LogP contribution in [0.2, 0.25) is 0 Å². The average Bonchev–Trinajstić information content (AvgIpc) is 3.08. The van der Waals surface area contributed by atoms with Gasteiger partial charge in [0.2, 0.25) is 0 Å². The van der Waals surface area contributed by atoms with Crippen LogP contribution in [0.15, 0.2) is 78.9 Å². The number of nitrogens with zero attached hydrogens (tertiary/aromatic N) is 3. The number of rotatable bonds is 5. The van der Waals surface area contributed by atoms with Crippen LogP contribution < -0.4 is 4.90 Å². The number of ketones is 1. The number of hydrogen-bond acceptors (Lipinski definition) is 3. The molecule has 1 aromatic heterocycles. The molecule has 0 unspecified atom stereocenters. The number of benzene rings is 3. The fourth-order valence-corrected chi connectivity index (χ4v) is 3.40. The summed E-state index contributed by atoms with van der Waals surface area (Å²) in [5.41, 5.74) is 5.82. The number of hydrogen-bond donors (Lipinski definition) is 0. The maximum atomic E-state index is 12.6. The van der Waals surface area contributed by atoms with Crippen molar-refractivity contribution in [3.05, 3.63) is 95.8 Å². The second-order valence-electron chi connectivity index (χ2n) is 7.21. The zero-order valence-corrected chi connectivity index (χ0v) is 16.8. The van der Waals surface area contributed by atoms with Gasteiger partial charge in [0.05, 0.1) is 11.0 Å². The fourth-order valence-electron chi connectivity index (χ4n) is 3.40.